The van der Waals surface area contributed by atoms with Crippen LogP contribution in [0.25, 0.3) is 11.2 Å². The fourth-order valence-corrected chi connectivity index (χ4v) is 4.32. The average molecular weight is 409 g/mol. The Morgan fingerprint density at radius 2 is 2.19 bits per heavy atom. The van der Waals surface area contributed by atoms with Gasteiger partial charge in [-0.25, -0.2) is 9.97 Å². The van der Waals surface area contributed by atoms with Crippen LogP contribution in [0.4, 0.5) is 5.82 Å². The summed E-state index contributed by atoms with van der Waals surface area (Å²) < 4.78 is 6.84. The summed E-state index contributed by atoms with van der Waals surface area (Å²) in [6.07, 6.45) is -0.117. The van der Waals surface area contributed by atoms with E-state index in [-0.39, 0.29) is 10.7 Å². The van der Waals surface area contributed by atoms with Gasteiger partial charge in [-0.3, -0.25) is 4.57 Å². The van der Waals surface area contributed by atoms with Crippen molar-refractivity contribution in [2.24, 2.45) is 0 Å². The van der Waals surface area contributed by atoms with Gasteiger partial charge in [0.05, 0.1) is 31.8 Å². The maximum Gasteiger partial charge on any atom is 0.226 e. The van der Waals surface area contributed by atoms with Crippen molar-refractivity contribution < 1.29 is 14.9 Å². The summed E-state index contributed by atoms with van der Waals surface area (Å²) in [5, 5.41) is 22.9. The number of hydrogen-bond acceptors (Lipinski definition) is 9. The quantitative estimate of drug-likeness (QED) is 0.539. The predicted molar refractivity (Wildman–Crippen MR) is 102 cm³/mol. The molecule has 0 aromatic carbocycles. The van der Waals surface area contributed by atoms with Gasteiger partial charge in [-0.15, -0.1) is 11.8 Å². The third kappa shape index (κ3) is 3.53. The lowest BCUT2D eigenvalue weighted by molar-refractivity contribution is 0.0313. The lowest BCUT2D eigenvalue weighted by Crippen LogP contribution is -2.27. The van der Waals surface area contributed by atoms with Crippen molar-refractivity contribution in [3.05, 3.63) is 35.5 Å². The number of fused-ring (bicyclic) bond motifs is 1. The van der Waals surface area contributed by atoms with E-state index in [2.05, 4.69) is 25.3 Å². The number of methoxy groups -OCH3 is 1. The van der Waals surface area contributed by atoms with Crippen LogP contribution in [-0.2, 0) is 6.54 Å². The standard InChI is InChI=1S/C16H17ClN6O3S/c1-26-10-4-2-3-8(20-10)5-18-13-11-14(22-16(17)21-13)23(7-19-11)15-12(25)9(24)6-27-15/h2-4,7,9,12,15,24-25H,5-6H2,1H3,(H,18,21,22)/t9-,12-,15-/m1/s1. The molecule has 27 heavy (non-hydrogen) atoms. The summed E-state index contributed by atoms with van der Waals surface area (Å²) in [6.45, 7) is 0.395. The second kappa shape index (κ2) is 7.47. The lowest BCUT2D eigenvalue weighted by Gasteiger charge is -2.17. The number of nitrogens with zero attached hydrogens (tertiary/aromatic N) is 5. The summed E-state index contributed by atoms with van der Waals surface area (Å²) in [5.41, 5.74) is 1.78. The molecule has 0 amide bonds. The number of thioether (sulfide) groups is 1. The molecule has 1 saturated heterocycles. The van der Waals surface area contributed by atoms with Crippen LogP contribution in [-0.4, -0.2) is 59.8 Å². The third-order valence-corrected chi connectivity index (χ3v) is 5.77. The SMILES string of the molecule is COc1cccc(CNc2nc(Cl)nc3c2ncn3[C@@H]2SC[C@@H](O)[C@H]2O)n1. The van der Waals surface area contributed by atoms with Crippen molar-refractivity contribution in [1.29, 1.82) is 0 Å². The molecule has 3 aromatic rings. The number of hydrogen-bond donors (Lipinski definition) is 3. The van der Waals surface area contributed by atoms with Gasteiger partial charge >= 0.3 is 0 Å². The van der Waals surface area contributed by atoms with Crippen LogP contribution < -0.4 is 10.1 Å². The van der Waals surface area contributed by atoms with Crippen LogP contribution >= 0.6 is 23.4 Å². The van der Waals surface area contributed by atoms with E-state index >= 15 is 0 Å². The number of imidazole rings is 1. The Bertz CT molecular complexity index is 970. The first-order valence-corrected chi connectivity index (χ1v) is 9.61. The van der Waals surface area contributed by atoms with Gasteiger partial charge in [0.2, 0.25) is 11.2 Å². The molecule has 3 atom stereocenters. The molecule has 0 spiro atoms. The van der Waals surface area contributed by atoms with Gasteiger partial charge in [0.25, 0.3) is 0 Å². The zero-order valence-electron chi connectivity index (χ0n) is 14.3. The van der Waals surface area contributed by atoms with E-state index in [1.807, 2.05) is 12.1 Å². The molecular formula is C16H17ClN6O3S. The molecule has 0 unspecified atom stereocenters. The molecule has 1 fully saturated rings. The minimum absolute atomic E-state index is 0.0587. The van der Waals surface area contributed by atoms with Gasteiger partial charge in [0.1, 0.15) is 11.5 Å². The van der Waals surface area contributed by atoms with Gasteiger partial charge < -0.3 is 20.3 Å². The summed E-state index contributed by atoms with van der Waals surface area (Å²) in [7, 11) is 1.56. The average Bonchev–Trinajstić information content (AvgIpc) is 3.23. The lowest BCUT2D eigenvalue weighted by atomic mass is 10.2. The van der Waals surface area contributed by atoms with E-state index in [1.165, 1.54) is 11.8 Å². The fraction of sp³-hybridized carbons (Fsp3) is 0.375. The number of anilines is 1. The highest BCUT2D eigenvalue weighted by molar-refractivity contribution is 7.99. The molecule has 142 valence electrons. The number of aliphatic hydroxyl groups is 2. The highest BCUT2D eigenvalue weighted by Crippen LogP contribution is 2.38. The maximum absolute atomic E-state index is 10.2. The number of aromatic nitrogens is 5. The highest BCUT2D eigenvalue weighted by atomic mass is 35.5. The second-order valence-corrected chi connectivity index (χ2v) is 7.46. The summed E-state index contributed by atoms with van der Waals surface area (Å²) in [4.78, 5) is 17.2. The monoisotopic (exact) mass is 408 g/mol. The van der Waals surface area contributed by atoms with E-state index < -0.39 is 12.2 Å². The maximum atomic E-state index is 10.2. The molecule has 0 aliphatic carbocycles. The first-order valence-electron chi connectivity index (χ1n) is 8.18. The normalized spacial score (nSPS) is 22.3. The Balaban J connectivity index is 1.63. The fourth-order valence-electron chi connectivity index (χ4n) is 2.87. The number of halogens is 1. The summed E-state index contributed by atoms with van der Waals surface area (Å²) >= 11 is 7.53. The Kier molecular flexibility index (Phi) is 5.04. The molecule has 0 bridgehead atoms. The Morgan fingerprint density at radius 1 is 1.33 bits per heavy atom. The number of rotatable bonds is 5. The molecule has 3 aromatic heterocycles. The van der Waals surface area contributed by atoms with Crippen LogP contribution in [0.1, 0.15) is 11.1 Å². The molecule has 4 heterocycles. The van der Waals surface area contributed by atoms with E-state index in [0.29, 0.717) is 35.2 Å². The van der Waals surface area contributed by atoms with Gasteiger partial charge in [-0.05, 0) is 17.7 Å². The third-order valence-electron chi connectivity index (χ3n) is 4.22. The molecule has 0 saturated carbocycles. The van der Waals surface area contributed by atoms with Gasteiger partial charge in [-0.1, -0.05) is 6.07 Å². The number of ether oxygens (including phenoxy) is 1. The van der Waals surface area contributed by atoms with Gasteiger partial charge in [-0.2, -0.15) is 9.97 Å². The van der Waals surface area contributed by atoms with Crippen molar-refractivity contribution in [2.45, 2.75) is 24.1 Å². The molecule has 9 nitrogen and oxygen atoms in total. The molecule has 11 heteroatoms. The first-order chi connectivity index (χ1) is 13.1. The minimum Gasteiger partial charge on any atom is -0.481 e. The van der Waals surface area contributed by atoms with Crippen molar-refractivity contribution in [3.8, 4) is 5.88 Å². The van der Waals surface area contributed by atoms with Crippen LogP contribution in [0.3, 0.4) is 0 Å². The number of nitrogens with one attached hydrogen (secondary N) is 1. The van der Waals surface area contributed by atoms with Crippen LogP contribution in [0.2, 0.25) is 5.28 Å². The Hall–Kier alpha value is -2.14. The van der Waals surface area contributed by atoms with Crippen molar-refractivity contribution in [2.75, 3.05) is 18.2 Å². The molecule has 4 rings (SSSR count). The van der Waals surface area contributed by atoms with E-state index in [4.69, 9.17) is 16.3 Å². The van der Waals surface area contributed by atoms with Crippen LogP contribution in [0.5, 0.6) is 5.88 Å². The molecule has 1 aliphatic heterocycles. The van der Waals surface area contributed by atoms with Crippen LogP contribution in [0, 0.1) is 0 Å². The molecular weight excluding hydrogens is 392 g/mol. The minimum atomic E-state index is -0.904. The topological polar surface area (TPSA) is 118 Å². The largest absolute Gasteiger partial charge is 0.481 e. The Morgan fingerprint density at radius 3 is 2.93 bits per heavy atom. The zero-order valence-corrected chi connectivity index (χ0v) is 15.9. The van der Waals surface area contributed by atoms with Gasteiger partial charge in [0, 0.05) is 11.8 Å². The van der Waals surface area contributed by atoms with Crippen LogP contribution in [0.15, 0.2) is 24.5 Å². The number of aliphatic hydroxyl groups excluding tert-OH is 2. The smallest absolute Gasteiger partial charge is 0.226 e. The van der Waals surface area contributed by atoms with E-state index in [0.717, 1.165) is 5.69 Å². The highest BCUT2D eigenvalue weighted by Gasteiger charge is 2.36. The molecule has 1 aliphatic rings. The number of pyridine rings is 1. The zero-order chi connectivity index (χ0) is 19.0. The summed E-state index contributed by atoms with van der Waals surface area (Å²) in [6, 6.07) is 5.48. The first kappa shape index (κ1) is 18.2. The Labute approximate surface area is 163 Å². The van der Waals surface area contributed by atoms with Gasteiger partial charge in [0.15, 0.2) is 17.0 Å². The summed E-state index contributed by atoms with van der Waals surface area (Å²) in [5.74, 6) is 1.43. The predicted octanol–water partition coefficient (Wildman–Crippen LogP) is 1.46. The van der Waals surface area contributed by atoms with Crippen molar-refractivity contribution >= 4 is 40.3 Å². The van der Waals surface area contributed by atoms with Crippen molar-refractivity contribution in [3.63, 3.8) is 0 Å². The molecule has 3 N–H and O–H groups in total. The van der Waals surface area contributed by atoms with E-state index in [9.17, 15) is 10.2 Å². The van der Waals surface area contributed by atoms with E-state index in [1.54, 1.807) is 24.1 Å². The second-order valence-electron chi connectivity index (χ2n) is 5.97. The van der Waals surface area contributed by atoms with Crippen molar-refractivity contribution in [1.82, 2.24) is 24.5 Å². The molecule has 0 radical (unpaired) electrons.